The highest BCUT2D eigenvalue weighted by atomic mass is 16.6. The van der Waals surface area contributed by atoms with Gasteiger partial charge < -0.3 is 4.74 Å². The van der Waals surface area contributed by atoms with Crippen molar-refractivity contribution >= 4 is 11.8 Å². The highest BCUT2D eigenvalue weighted by molar-refractivity contribution is 5.91. The molecular weight excluding hydrogens is 336 g/mol. The zero-order chi connectivity index (χ0) is 18.6. The lowest BCUT2D eigenvalue weighted by atomic mass is 9.46. The van der Waals surface area contributed by atoms with Gasteiger partial charge in [-0.05, 0) is 80.1 Å². The van der Waals surface area contributed by atoms with Gasteiger partial charge in [0.1, 0.15) is 5.60 Å². The minimum atomic E-state index is -0.172. The monoisotopic (exact) mass is 366 g/mol. The molecule has 0 aromatic heterocycles. The van der Waals surface area contributed by atoms with Crippen molar-refractivity contribution in [1.29, 1.82) is 0 Å². The minimum absolute atomic E-state index is 0.0320. The van der Waals surface area contributed by atoms with Crippen molar-refractivity contribution < 1.29 is 14.3 Å². The van der Waals surface area contributed by atoms with E-state index in [0.29, 0.717) is 47.7 Å². The standard InChI is InChI=1S/C24H30O3/c1-3-13-10-14-11-15(25)4-5-16(14)17-6-8-23(2)22(21(13)17)18-12-19(18)24(23)9-7-20(26)27-24/h3,11,13,16-19,21-22H,1,4-10,12H2,2H3/t13?,16?,17?,18?,19?,21?,22?,23-,24-/m0/s1. The van der Waals surface area contributed by atoms with E-state index in [1.807, 2.05) is 6.08 Å². The average molecular weight is 367 g/mol. The summed E-state index contributed by atoms with van der Waals surface area (Å²) in [6, 6.07) is 0. The summed E-state index contributed by atoms with van der Waals surface area (Å²) in [5, 5.41) is 0. The predicted octanol–water partition coefficient (Wildman–Crippen LogP) is 4.47. The normalized spacial score (nSPS) is 55.1. The molecule has 1 aliphatic heterocycles. The Hall–Kier alpha value is -1.38. The van der Waals surface area contributed by atoms with Crippen LogP contribution in [0.15, 0.2) is 24.3 Å². The van der Waals surface area contributed by atoms with Gasteiger partial charge in [0.05, 0.1) is 0 Å². The van der Waals surface area contributed by atoms with Crippen LogP contribution in [0.25, 0.3) is 0 Å². The van der Waals surface area contributed by atoms with E-state index in [-0.39, 0.29) is 17.0 Å². The maximum absolute atomic E-state index is 12.1. The zero-order valence-electron chi connectivity index (χ0n) is 16.3. The van der Waals surface area contributed by atoms with E-state index in [1.54, 1.807) is 0 Å². The van der Waals surface area contributed by atoms with E-state index in [1.165, 1.54) is 24.8 Å². The van der Waals surface area contributed by atoms with Crippen molar-refractivity contribution in [3.8, 4) is 0 Å². The van der Waals surface area contributed by atoms with E-state index >= 15 is 0 Å². The second kappa shape index (κ2) is 5.15. The van der Waals surface area contributed by atoms with Crippen LogP contribution < -0.4 is 0 Å². The van der Waals surface area contributed by atoms with Crippen LogP contribution in [0.2, 0.25) is 0 Å². The summed E-state index contributed by atoms with van der Waals surface area (Å²) in [4.78, 5) is 24.1. The summed E-state index contributed by atoms with van der Waals surface area (Å²) in [6.45, 7) is 6.66. The summed E-state index contributed by atoms with van der Waals surface area (Å²) in [7, 11) is 0. The van der Waals surface area contributed by atoms with Crippen molar-refractivity contribution in [2.24, 2.45) is 46.8 Å². The number of carbonyl (C=O) groups excluding carboxylic acids is 2. The first kappa shape index (κ1) is 16.6. The van der Waals surface area contributed by atoms with Crippen LogP contribution in [0.4, 0.5) is 0 Å². The second-order valence-electron chi connectivity index (χ2n) is 10.5. The van der Waals surface area contributed by atoms with Gasteiger partial charge in [-0.25, -0.2) is 0 Å². The Morgan fingerprint density at radius 1 is 1.19 bits per heavy atom. The van der Waals surface area contributed by atoms with E-state index in [4.69, 9.17) is 4.74 Å². The quantitative estimate of drug-likeness (QED) is 0.508. The number of carbonyl (C=O) groups is 2. The maximum atomic E-state index is 12.1. The molecule has 0 radical (unpaired) electrons. The zero-order valence-corrected chi connectivity index (χ0v) is 16.3. The first-order valence-corrected chi connectivity index (χ1v) is 11.1. The van der Waals surface area contributed by atoms with Crippen molar-refractivity contribution in [3.63, 3.8) is 0 Å². The van der Waals surface area contributed by atoms with E-state index in [9.17, 15) is 9.59 Å². The summed E-state index contributed by atoms with van der Waals surface area (Å²) >= 11 is 0. The number of hydrogen-bond donors (Lipinski definition) is 0. The van der Waals surface area contributed by atoms with Gasteiger partial charge in [-0.2, -0.15) is 0 Å². The Kier molecular flexibility index (Phi) is 3.16. The molecule has 144 valence electrons. The highest BCUT2D eigenvalue weighted by Gasteiger charge is 2.79. The smallest absolute Gasteiger partial charge is 0.306 e. The third-order valence-electron chi connectivity index (χ3n) is 9.81. The van der Waals surface area contributed by atoms with Crippen molar-refractivity contribution in [2.75, 3.05) is 0 Å². The molecular formula is C24H30O3. The Labute approximate surface area is 161 Å². The van der Waals surface area contributed by atoms with E-state index in [2.05, 4.69) is 19.6 Å². The molecule has 6 rings (SSSR count). The number of rotatable bonds is 1. The Morgan fingerprint density at radius 3 is 2.78 bits per heavy atom. The molecule has 7 unspecified atom stereocenters. The van der Waals surface area contributed by atoms with Gasteiger partial charge in [0, 0.05) is 24.2 Å². The third-order valence-corrected chi connectivity index (χ3v) is 9.81. The van der Waals surface area contributed by atoms with Crippen LogP contribution in [0.3, 0.4) is 0 Å². The van der Waals surface area contributed by atoms with Crippen molar-refractivity contribution in [2.45, 2.75) is 63.9 Å². The first-order chi connectivity index (χ1) is 13.0. The average Bonchev–Trinajstić information content (AvgIpc) is 3.29. The molecule has 1 heterocycles. The lowest BCUT2D eigenvalue weighted by Gasteiger charge is -2.59. The molecule has 0 bridgehead atoms. The van der Waals surface area contributed by atoms with Gasteiger partial charge in [0.15, 0.2) is 5.78 Å². The minimum Gasteiger partial charge on any atom is -0.458 e. The van der Waals surface area contributed by atoms with Crippen molar-refractivity contribution in [1.82, 2.24) is 0 Å². The summed E-state index contributed by atoms with van der Waals surface area (Å²) in [5.41, 5.74) is 1.38. The van der Waals surface area contributed by atoms with Crippen LogP contribution in [-0.2, 0) is 14.3 Å². The fourth-order valence-corrected chi connectivity index (χ4v) is 8.87. The van der Waals surface area contributed by atoms with Gasteiger partial charge >= 0.3 is 5.97 Å². The van der Waals surface area contributed by atoms with Gasteiger partial charge in [-0.3, -0.25) is 9.59 Å². The van der Waals surface area contributed by atoms with Crippen LogP contribution in [0.1, 0.15) is 58.3 Å². The van der Waals surface area contributed by atoms with Gasteiger partial charge in [-0.15, -0.1) is 6.58 Å². The Morgan fingerprint density at radius 2 is 2.04 bits per heavy atom. The molecule has 6 aliphatic rings. The summed E-state index contributed by atoms with van der Waals surface area (Å²) < 4.78 is 6.18. The molecule has 0 aromatic rings. The number of ether oxygens (including phenoxy) is 1. The lowest BCUT2D eigenvalue weighted by molar-refractivity contribution is -0.175. The van der Waals surface area contributed by atoms with Crippen LogP contribution in [0, 0.1) is 46.8 Å². The fourth-order valence-electron chi connectivity index (χ4n) is 8.87. The summed E-state index contributed by atoms with van der Waals surface area (Å²) in [6.07, 6.45) is 12.2. The molecule has 5 fully saturated rings. The molecule has 5 aliphatic carbocycles. The lowest BCUT2D eigenvalue weighted by Crippen LogP contribution is -2.56. The molecule has 3 heteroatoms. The van der Waals surface area contributed by atoms with Crippen LogP contribution >= 0.6 is 0 Å². The highest BCUT2D eigenvalue weighted by Crippen LogP contribution is 2.78. The number of fused-ring (bicyclic) bond motifs is 9. The second-order valence-corrected chi connectivity index (χ2v) is 10.5. The molecule has 9 atom stereocenters. The van der Waals surface area contributed by atoms with Crippen molar-refractivity contribution in [3.05, 3.63) is 24.3 Å². The van der Waals surface area contributed by atoms with Gasteiger partial charge in [0.25, 0.3) is 0 Å². The molecule has 4 saturated carbocycles. The molecule has 0 N–H and O–H groups in total. The topological polar surface area (TPSA) is 43.4 Å². The predicted molar refractivity (Wildman–Crippen MR) is 102 cm³/mol. The molecule has 0 aromatic carbocycles. The molecule has 1 spiro atoms. The number of hydrogen-bond acceptors (Lipinski definition) is 3. The Balaban J connectivity index is 1.42. The first-order valence-electron chi connectivity index (χ1n) is 11.1. The van der Waals surface area contributed by atoms with Gasteiger partial charge in [0.2, 0.25) is 0 Å². The number of allylic oxidation sites excluding steroid dienone is 2. The molecule has 0 amide bonds. The Bertz CT molecular complexity index is 780. The third kappa shape index (κ3) is 1.89. The fraction of sp³-hybridized carbons (Fsp3) is 0.750. The van der Waals surface area contributed by atoms with E-state index < -0.39 is 0 Å². The van der Waals surface area contributed by atoms with Gasteiger partial charge in [-0.1, -0.05) is 18.6 Å². The molecule has 27 heavy (non-hydrogen) atoms. The molecule has 3 nitrogen and oxygen atoms in total. The van der Waals surface area contributed by atoms with E-state index in [0.717, 1.165) is 31.6 Å². The molecule has 1 saturated heterocycles. The number of ketones is 1. The van der Waals surface area contributed by atoms with Crippen LogP contribution in [0.5, 0.6) is 0 Å². The summed E-state index contributed by atoms with van der Waals surface area (Å²) in [5.74, 6) is 4.79. The van der Waals surface area contributed by atoms with Crippen LogP contribution in [-0.4, -0.2) is 17.4 Å². The number of esters is 1. The largest absolute Gasteiger partial charge is 0.458 e. The maximum Gasteiger partial charge on any atom is 0.306 e. The SMILES string of the molecule is C=CC1CC2=CC(=O)CCC2C2CC[C@@]3(C)C(C4CC4[C@@]34CCC(=O)O4)C12.